The summed E-state index contributed by atoms with van der Waals surface area (Å²) >= 11 is 1.60. The maximum atomic E-state index is 12.4. The minimum absolute atomic E-state index is 0.00589. The zero-order chi connectivity index (χ0) is 14.2. The molecule has 0 radical (unpaired) electrons. The number of amides is 2. The lowest BCUT2D eigenvalue weighted by Gasteiger charge is -2.12. The normalized spacial score (nSPS) is 15.8. The molecule has 0 atom stereocenters. The van der Waals surface area contributed by atoms with Gasteiger partial charge in [-0.25, -0.2) is 0 Å². The number of thiophene rings is 1. The zero-order valence-corrected chi connectivity index (χ0v) is 11.5. The van der Waals surface area contributed by atoms with Gasteiger partial charge in [0.2, 0.25) is 11.8 Å². The van der Waals surface area contributed by atoms with E-state index >= 15 is 0 Å². The quantitative estimate of drug-likeness (QED) is 0.864. The van der Waals surface area contributed by atoms with Crippen LogP contribution in [0.15, 0.2) is 29.8 Å². The van der Waals surface area contributed by atoms with E-state index in [-0.39, 0.29) is 17.9 Å². The summed E-state index contributed by atoms with van der Waals surface area (Å²) in [5.41, 5.74) is 4.71. The summed E-state index contributed by atoms with van der Waals surface area (Å²) in [6.07, 6.45) is 3.34. The van der Waals surface area contributed by atoms with Crippen LogP contribution in [-0.2, 0) is 21.5 Å². The van der Waals surface area contributed by atoms with Gasteiger partial charge >= 0.3 is 0 Å². The van der Waals surface area contributed by atoms with Gasteiger partial charge in [-0.3, -0.25) is 14.3 Å². The van der Waals surface area contributed by atoms with Gasteiger partial charge in [-0.15, -0.1) is 11.3 Å². The fraction of sp³-hybridized carbons (Fsp3) is 0.308. The van der Waals surface area contributed by atoms with E-state index in [0.717, 1.165) is 17.7 Å². The number of aromatic nitrogens is 2. The number of rotatable bonds is 5. The second-order valence-electron chi connectivity index (χ2n) is 4.88. The molecule has 3 N–H and O–H groups in total. The minimum atomic E-state index is -0.469. The summed E-state index contributed by atoms with van der Waals surface area (Å²) in [6, 6.07) is 5.60. The molecule has 2 aromatic heterocycles. The van der Waals surface area contributed by atoms with Gasteiger partial charge in [0.1, 0.15) is 6.54 Å². The van der Waals surface area contributed by atoms with Crippen LogP contribution in [0.1, 0.15) is 17.7 Å². The SMILES string of the molecule is NC(=O)Cn1ccc(NC(=O)C2(c3cccs3)CC2)n1. The predicted octanol–water partition coefficient (Wildman–Crippen LogP) is 1.10. The molecule has 1 aliphatic carbocycles. The lowest BCUT2D eigenvalue weighted by atomic mass is 10.0. The molecule has 1 saturated carbocycles. The molecule has 7 heteroatoms. The Balaban J connectivity index is 1.70. The van der Waals surface area contributed by atoms with E-state index in [1.54, 1.807) is 23.6 Å². The molecule has 1 aliphatic rings. The Morgan fingerprint density at radius 3 is 2.85 bits per heavy atom. The third kappa shape index (κ3) is 2.32. The first-order valence-corrected chi connectivity index (χ1v) is 7.15. The molecule has 0 aromatic carbocycles. The molecule has 104 valence electrons. The molecule has 0 unspecified atom stereocenters. The summed E-state index contributed by atoms with van der Waals surface area (Å²) in [5, 5.41) is 8.89. The van der Waals surface area contributed by atoms with Crippen molar-refractivity contribution in [3.8, 4) is 0 Å². The molecule has 0 aliphatic heterocycles. The number of hydrogen-bond acceptors (Lipinski definition) is 4. The van der Waals surface area contributed by atoms with Crippen molar-refractivity contribution in [1.82, 2.24) is 9.78 Å². The van der Waals surface area contributed by atoms with E-state index < -0.39 is 5.91 Å². The number of nitrogens with two attached hydrogens (primary N) is 1. The molecule has 0 saturated heterocycles. The molecule has 2 aromatic rings. The average Bonchev–Trinajstić information content (AvgIpc) is 2.83. The van der Waals surface area contributed by atoms with Crippen molar-refractivity contribution in [3.63, 3.8) is 0 Å². The molecule has 20 heavy (non-hydrogen) atoms. The Kier molecular flexibility index (Phi) is 3.06. The summed E-state index contributed by atoms with van der Waals surface area (Å²) in [6.45, 7) is 0.00589. The van der Waals surface area contributed by atoms with Crippen LogP contribution < -0.4 is 11.1 Å². The summed E-state index contributed by atoms with van der Waals surface area (Å²) in [4.78, 5) is 24.3. The summed E-state index contributed by atoms with van der Waals surface area (Å²) in [7, 11) is 0. The van der Waals surface area contributed by atoms with Gasteiger partial charge in [0.15, 0.2) is 5.82 Å². The van der Waals surface area contributed by atoms with Crippen molar-refractivity contribution < 1.29 is 9.59 Å². The average molecular weight is 290 g/mol. The third-order valence-corrected chi connectivity index (χ3v) is 4.45. The van der Waals surface area contributed by atoms with Crippen molar-refractivity contribution in [2.24, 2.45) is 5.73 Å². The number of carbonyl (C=O) groups excluding carboxylic acids is 2. The topological polar surface area (TPSA) is 90.0 Å². The first-order chi connectivity index (χ1) is 9.60. The Labute approximate surface area is 119 Å². The van der Waals surface area contributed by atoms with Crippen molar-refractivity contribution >= 4 is 29.0 Å². The zero-order valence-electron chi connectivity index (χ0n) is 10.7. The van der Waals surface area contributed by atoms with Crippen molar-refractivity contribution in [3.05, 3.63) is 34.7 Å². The van der Waals surface area contributed by atoms with E-state index in [2.05, 4.69) is 10.4 Å². The van der Waals surface area contributed by atoms with Crippen LogP contribution in [0.5, 0.6) is 0 Å². The smallest absolute Gasteiger partial charge is 0.239 e. The van der Waals surface area contributed by atoms with Crippen LogP contribution in [0, 0.1) is 0 Å². The largest absolute Gasteiger partial charge is 0.368 e. The first-order valence-electron chi connectivity index (χ1n) is 6.27. The number of hydrogen-bond donors (Lipinski definition) is 2. The number of carbonyl (C=O) groups is 2. The van der Waals surface area contributed by atoms with Crippen molar-refractivity contribution in [2.45, 2.75) is 24.8 Å². The van der Waals surface area contributed by atoms with E-state index in [0.29, 0.717) is 5.82 Å². The number of anilines is 1. The molecule has 6 nitrogen and oxygen atoms in total. The highest BCUT2D eigenvalue weighted by Crippen LogP contribution is 2.50. The van der Waals surface area contributed by atoms with Crippen LogP contribution >= 0.6 is 11.3 Å². The van der Waals surface area contributed by atoms with Crippen LogP contribution in [0.3, 0.4) is 0 Å². The summed E-state index contributed by atoms with van der Waals surface area (Å²) < 4.78 is 1.41. The van der Waals surface area contributed by atoms with Gasteiger partial charge in [0.25, 0.3) is 0 Å². The highest BCUT2D eigenvalue weighted by atomic mass is 32.1. The van der Waals surface area contributed by atoms with E-state index in [4.69, 9.17) is 5.73 Å². The molecule has 3 rings (SSSR count). The molecule has 0 bridgehead atoms. The second-order valence-corrected chi connectivity index (χ2v) is 5.83. The van der Waals surface area contributed by atoms with Crippen molar-refractivity contribution in [2.75, 3.05) is 5.32 Å². The maximum absolute atomic E-state index is 12.4. The predicted molar refractivity (Wildman–Crippen MR) is 75.3 cm³/mol. The van der Waals surface area contributed by atoms with Gasteiger partial charge in [0, 0.05) is 17.1 Å². The highest BCUT2D eigenvalue weighted by Gasteiger charge is 2.52. The Morgan fingerprint density at radius 2 is 2.25 bits per heavy atom. The Hall–Kier alpha value is -2.15. The van der Waals surface area contributed by atoms with Crippen molar-refractivity contribution in [1.29, 1.82) is 0 Å². The van der Waals surface area contributed by atoms with Crippen LogP contribution in [0.2, 0.25) is 0 Å². The molecule has 2 heterocycles. The number of nitrogens with zero attached hydrogens (tertiary/aromatic N) is 2. The lowest BCUT2D eigenvalue weighted by Crippen LogP contribution is -2.27. The molecular weight excluding hydrogens is 276 g/mol. The number of primary amides is 1. The first kappa shape index (κ1) is 12.9. The van der Waals surface area contributed by atoms with E-state index in [1.165, 1.54) is 4.68 Å². The van der Waals surface area contributed by atoms with Gasteiger partial charge in [0.05, 0.1) is 5.41 Å². The summed E-state index contributed by atoms with van der Waals surface area (Å²) in [5.74, 6) is -0.0634. The van der Waals surface area contributed by atoms with Crippen LogP contribution in [-0.4, -0.2) is 21.6 Å². The van der Waals surface area contributed by atoms with Crippen LogP contribution in [0.25, 0.3) is 0 Å². The van der Waals surface area contributed by atoms with E-state index in [1.807, 2.05) is 17.5 Å². The fourth-order valence-electron chi connectivity index (χ4n) is 2.17. The van der Waals surface area contributed by atoms with Gasteiger partial charge in [-0.2, -0.15) is 5.10 Å². The van der Waals surface area contributed by atoms with Gasteiger partial charge < -0.3 is 11.1 Å². The third-order valence-electron chi connectivity index (χ3n) is 3.38. The molecule has 1 fully saturated rings. The number of nitrogens with one attached hydrogen (secondary N) is 1. The fourth-order valence-corrected chi connectivity index (χ4v) is 3.16. The Bertz CT molecular complexity index is 643. The monoisotopic (exact) mass is 290 g/mol. The minimum Gasteiger partial charge on any atom is -0.368 e. The molecule has 2 amide bonds. The van der Waals surface area contributed by atoms with E-state index in [9.17, 15) is 9.59 Å². The lowest BCUT2D eigenvalue weighted by molar-refractivity contribution is -0.119. The Morgan fingerprint density at radius 1 is 1.45 bits per heavy atom. The van der Waals surface area contributed by atoms with Gasteiger partial charge in [-0.05, 0) is 24.3 Å². The molecular formula is C13H14N4O2S. The van der Waals surface area contributed by atoms with Crippen LogP contribution in [0.4, 0.5) is 5.82 Å². The second kappa shape index (κ2) is 4.75. The maximum Gasteiger partial charge on any atom is 0.239 e. The standard InChI is InChI=1S/C13H14N4O2S/c14-10(18)8-17-6-3-11(16-17)15-12(19)13(4-5-13)9-2-1-7-20-9/h1-3,6-7H,4-5,8H2,(H2,14,18)(H,15,16,19). The highest BCUT2D eigenvalue weighted by molar-refractivity contribution is 7.10. The van der Waals surface area contributed by atoms with Gasteiger partial charge in [-0.1, -0.05) is 6.07 Å². The molecule has 0 spiro atoms.